The van der Waals surface area contributed by atoms with Gasteiger partial charge in [0, 0.05) is 38.3 Å². The molecule has 2 saturated heterocycles. The van der Waals surface area contributed by atoms with Crippen LogP contribution in [0.2, 0.25) is 0 Å². The van der Waals surface area contributed by atoms with E-state index in [0.717, 1.165) is 58.8 Å². The molecule has 2 heterocycles. The fourth-order valence-electron chi connectivity index (χ4n) is 3.44. The highest BCUT2D eigenvalue weighted by Crippen LogP contribution is 2.21. The molecular weight excluding hydrogens is 342 g/mol. The van der Waals surface area contributed by atoms with E-state index in [-0.39, 0.29) is 10.8 Å². The maximum atomic E-state index is 12.6. The summed E-state index contributed by atoms with van der Waals surface area (Å²) in [6.45, 7) is 6.17. The minimum absolute atomic E-state index is 0.0215. The minimum atomic E-state index is -3.73. The number of rotatable bonds is 4. The van der Waals surface area contributed by atoms with Crippen LogP contribution < -0.4 is 5.14 Å². The molecule has 0 spiro atoms. The molecule has 1 aromatic rings. The number of hydrogen-bond donors (Lipinski definition) is 1. The number of sulfonamides is 1. The summed E-state index contributed by atoms with van der Waals surface area (Å²) >= 11 is 0. The molecule has 8 heteroatoms. The van der Waals surface area contributed by atoms with Crippen molar-refractivity contribution in [2.45, 2.75) is 17.7 Å². The van der Waals surface area contributed by atoms with Gasteiger partial charge in [0.1, 0.15) is 0 Å². The van der Waals surface area contributed by atoms with E-state index in [1.54, 1.807) is 0 Å². The number of piperidine rings is 1. The van der Waals surface area contributed by atoms with Crippen molar-refractivity contribution in [3.63, 3.8) is 0 Å². The van der Waals surface area contributed by atoms with E-state index in [2.05, 4.69) is 4.90 Å². The van der Waals surface area contributed by atoms with Crippen LogP contribution in [0, 0.1) is 5.92 Å². The molecule has 0 saturated carbocycles. The van der Waals surface area contributed by atoms with Gasteiger partial charge in [0.05, 0.1) is 18.1 Å². The molecule has 7 nitrogen and oxygen atoms in total. The summed E-state index contributed by atoms with van der Waals surface area (Å²) in [4.78, 5) is 16.9. The third-order valence-corrected chi connectivity index (χ3v) is 5.88. The number of likely N-dealkylation sites (tertiary alicyclic amines) is 1. The number of carbonyl (C=O) groups excluding carboxylic acids is 1. The molecule has 0 bridgehead atoms. The lowest BCUT2D eigenvalue weighted by molar-refractivity contribution is 0.0243. The highest BCUT2D eigenvalue weighted by atomic mass is 32.2. The molecule has 2 fully saturated rings. The average Bonchev–Trinajstić information content (AvgIpc) is 2.62. The molecule has 0 aromatic heterocycles. The SMILES string of the molecule is NS(=O)(=O)c1ccc(C(=O)N2CCC(CN3CCOCC3)CC2)cc1. The lowest BCUT2D eigenvalue weighted by atomic mass is 9.95. The molecule has 25 heavy (non-hydrogen) atoms. The summed E-state index contributed by atoms with van der Waals surface area (Å²) < 4.78 is 27.9. The molecule has 2 aliphatic rings. The van der Waals surface area contributed by atoms with Gasteiger partial charge in [-0.05, 0) is 43.0 Å². The van der Waals surface area contributed by atoms with Crippen molar-refractivity contribution in [3.05, 3.63) is 29.8 Å². The van der Waals surface area contributed by atoms with E-state index < -0.39 is 10.0 Å². The van der Waals surface area contributed by atoms with Crippen molar-refractivity contribution in [3.8, 4) is 0 Å². The van der Waals surface area contributed by atoms with E-state index in [1.807, 2.05) is 4.90 Å². The van der Waals surface area contributed by atoms with Crippen molar-refractivity contribution < 1.29 is 17.9 Å². The molecule has 1 amide bonds. The summed E-state index contributed by atoms with van der Waals surface area (Å²) in [5.74, 6) is 0.567. The van der Waals surface area contributed by atoms with Crippen molar-refractivity contribution in [2.75, 3.05) is 45.9 Å². The molecular formula is C17H25N3O4S. The largest absolute Gasteiger partial charge is 0.379 e. The van der Waals surface area contributed by atoms with Crippen LogP contribution in [0.25, 0.3) is 0 Å². The first-order valence-corrected chi connectivity index (χ1v) is 10.2. The number of benzene rings is 1. The van der Waals surface area contributed by atoms with Gasteiger partial charge in [0.15, 0.2) is 0 Å². The Balaban J connectivity index is 1.52. The van der Waals surface area contributed by atoms with E-state index in [0.29, 0.717) is 11.5 Å². The Morgan fingerprint density at radius 2 is 1.68 bits per heavy atom. The van der Waals surface area contributed by atoms with Gasteiger partial charge in [-0.1, -0.05) is 0 Å². The summed E-state index contributed by atoms with van der Waals surface area (Å²) in [5.41, 5.74) is 0.499. The standard InChI is InChI=1S/C17H25N3O4S/c18-25(22,23)16-3-1-15(2-4-16)17(21)20-7-5-14(6-8-20)13-19-9-11-24-12-10-19/h1-4,14H,5-13H2,(H2,18,22,23). The summed E-state index contributed by atoms with van der Waals surface area (Å²) in [6.07, 6.45) is 2.00. The van der Waals surface area contributed by atoms with E-state index in [9.17, 15) is 13.2 Å². The zero-order chi connectivity index (χ0) is 17.9. The van der Waals surface area contributed by atoms with Crippen LogP contribution in [-0.2, 0) is 14.8 Å². The Bertz CT molecular complexity index is 691. The Morgan fingerprint density at radius 3 is 2.24 bits per heavy atom. The Kier molecular flexibility index (Phi) is 5.73. The van der Waals surface area contributed by atoms with Gasteiger partial charge < -0.3 is 9.64 Å². The summed E-state index contributed by atoms with van der Waals surface area (Å²) in [6, 6.07) is 5.82. The molecule has 2 N–H and O–H groups in total. The van der Waals surface area contributed by atoms with Crippen LogP contribution in [0.3, 0.4) is 0 Å². The molecule has 0 unspecified atom stereocenters. The number of primary sulfonamides is 1. The first-order valence-electron chi connectivity index (χ1n) is 8.66. The number of amides is 1. The molecule has 138 valence electrons. The molecule has 2 aliphatic heterocycles. The van der Waals surface area contributed by atoms with Crippen LogP contribution in [0.1, 0.15) is 23.2 Å². The Morgan fingerprint density at radius 1 is 1.08 bits per heavy atom. The molecule has 3 rings (SSSR count). The zero-order valence-electron chi connectivity index (χ0n) is 14.3. The third-order valence-electron chi connectivity index (χ3n) is 4.95. The van der Waals surface area contributed by atoms with Gasteiger partial charge in [-0.3, -0.25) is 9.69 Å². The van der Waals surface area contributed by atoms with Crippen molar-refractivity contribution in [1.29, 1.82) is 0 Å². The maximum Gasteiger partial charge on any atom is 0.253 e. The van der Waals surface area contributed by atoms with Gasteiger partial charge in [0.2, 0.25) is 10.0 Å². The predicted molar refractivity (Wildman–Crippen MR) is 93.7 cm³/mol. The number of nitrogens with two attached hydrogens (primary N) is 1. The molecule has 0 atom stereocenters. The van der Waals surface area contributed by atoms with Crippen LogP contribution in [-0.4, -0.2) is 70.1 Å². The maximum absolute atomic E-state index is 12.6. The monoisotopic (exact) mass is 367 g/mol. The predicted octanol–water partition coefficient (Wildman–Crippen LogP) is 0.518. The number of carbonyl (C=O) groups is 1. The van der Waals surface area contributed by atoms with Crippen LogP contribution in [0.4, 0.5) is 0 Å². The quantitative estimate of drug-likeness (QED) is 0.837. The van der Waals surface area contributed by atoms with Gasteiger partial charge in [-0.2, -0.15) is 0 Å². The van der Waals surface area contributed by atoms with E-state index in [1.165, 1.54) is 24.3 Å². The molecule has 0 aliphatic carbocycles. The smallest absolute Gasteiger partial charge is 0.253 e. The fourth-order valence-corrected chi connectivity index (χ4v) is 3.95. The number of ether oxygens (including phenoxy) is 1. The second-order valence-electron chi connectivity index (χ2n) is 6.72. The van der Waals surface area contributed by atoms with Crippen LogP contribution in [0.15, 0.2) is 29.2 Å². The zero-order valence-corrected chi connectivity index (χ0v) is 15.1. The van der Waals surface area contributed by atoms with Gasteiger partial charge >= 0.3 is 0 Å². The third kappa shape index (κ3) is 4.78. The number of morpholine rings is 1. The lowest BCUT2D eigenvalue weighted by Crippen LogP contribution is -2.44. The van der Waals surface area contributed by atoms with Crippen molar-refractivity contribution >= 4 is 15.9 Å². The molecule has 0 radical (unpaired) electrons. The second kappa shape index (κ2) is 7.82. The average molecular weight is 367 g/mol. The number of hydrogen-bond acceptors (Lipinski definition) is 5. The fraction of sp³-hybridized carbons (Fsp3) is 0.588. The summed E-state index contributed by atoms with van der Waals surface area (Å²) in [7, 11) is -3.73. The Hall–Kier alpha value is -1.48. The minimum Gasteiger partial charge on any atom is -0.379 e. The van der Waals surface area contributed by atoms with Gasteiger partial charge in [0.25, 0.3) is 5.91 Å². The lowest BCUT2D eigenvalue weighted by Gasteiger charge is -2.36. The van der Waals surface area contributed by atoms with Crippen LogP contribution >= 0.6 is 0 Å². The Labute approximate surface area is 148 Å². The highest BCUT2D eigenvalue weighted by molar-refractivity contribution is 7.89. The van der Waals surface area contributed by atoms with Crippen LogP contribution in [0.5, 0.6) is 0 Å². The highest BCUT2D eigenvalue weighted by Gasteiger charge is 2.25. The normalized spacial score (nSPS) is 20.6. The topological polar surface area (TPSA) is 92.9 Å². The van der Waals surface area contributed by atoms with E-state index >= 15 is 0 Å². The van der Waals surface area contributed by atoms with E-state index in [4.69, 9.17) is 9.88 Å². The first-order chi connectivity index (χ1) is 11.9. The molecule has 1 aromatic carbocycles. The first kappa shape index (κ1) is 18.3. The van der Waals surface area contributed by atoms with Crippen molar-refractivity contribution in [1.82, 2.24) is 9.80 Å². The number of nitrogens with zero attached hydrogens (tertiary/aromatic N) is 2. The van der Waals surface area contributed by atoms with Gasteiger partial charge in [-0.25, -0.2) is 13.6 Å². The van der Waals surface area contributed by atoms with Crippen molar-refractivity contribution in [2.24, 2.45) is 11.1 Å². The summed E-state index contributed by atoms with van der Waals surface area (Å²) in [5, 5.41) is 5.08. The van der Waals surface area contributed by atoms with Gasteiger partial charge in [-0.15, -0.1) is 0 Å². The second-order valence-corrected chi connectivity index (χ2v) is 8.28.